The van der Waals surface area contributed by atoms with Gasteiger partial charge in [-0.05, 0) is 48.4 Å². The van der Waals surface area contributed by atoms with Gasteiger partial charge in [0.25, 0.3) is 5.91 Å². The minimum Gasteiger partial charge on any atom is -0.489 e. The molecule has 2 aliphatic heterocycles. The Kier molecular flexibility index (Phi) is 4.36. The second-order valence-electron chi connectivity index (χ2n) is 7.11. The molecule has 2 aliphatic rings. The molecule has 0 unspecified atom stereocenters. The van der Waals surface area contributed by atoms with Crippen molar-refractivity contribution < 1.29 is 18.3 Å². The standard InChI is InChI=1S/C20H20F2N2O2/c1-24-9-13-8-23-20(25)18-7-16(2-3-17(18)19(13)10-24)26-11-12-4-14(21)6-15(22)5-12/h2-7,13,19H,8-11H2,1H3,(H,23,25)/t13-,19-/m0/s1. The first-order chi connectivity index (χ1) is 12.5. The summed E-state index contributed by atoms with van der Waals surface area (Å²) >= 11 is 0. The zero-order chi connectivity index (χ0) is 18.3. The summed E-state index contributed by atoms with van der Waals surface area (Å²) in [6.45, 7) is 2.59. The summed E-state index contributed by atoms with van der Waals surface area (Å²) in [5.74, 6) is -0.136. The predicted octanol–water partition coefficient (Wildman–Crippen LogP) is 2.93. The van der Waals surface area contributed by atoms with Crippen molar-refractivity contribution in [3.8, 4) is 5.75 Å². The highest BCUT2D eigenvalue weighted by molar-refractivity contribution is 5.96. The van der Waals surface area contributed by atoms with E-state index < -0.39 is 11.6 Å². The lowest BCUT2D eigenvalue weighted by Gasteiger charge is -2.17. The second-order valence-corrected chi connectivity index (χ2v) is 7.11. The van der Waals surface area contributed by atoms with Crippen LogP contribution in [0, 0.1) is 17.6 Å². The molecule has 0 bridgehead atoms. The molecular weight excluding hydrogens is 338 g/mol. The Morgan fingerprint density at radius 2 is 1.92 bits per heavy atom. The van der Waals surface area contributed by atoms with Crippen molar-refractivity contribution in [3.63, 3.8) is 0 Å². The predicted molar refractivity (Wildman–Crippen MR) is 93.2 cm³/mol. The highest BCUT2D eigenvalue weighted by Gasteiger charge is 2.36. The second kappa shape index (κ2) is 6.68. The average Bonchev–Trinajstić information content (AvgIpc) is 2.92. The number of halogens is 2. The summed E-state index contributed by atoms with van der Waals surface area (Å²) in [4.78, 5) is 14.7. The van der Waals surface area contributed by atoms with Crippen LogP contribution in [0.5, 0.6) is 5.75 Å². The molecule has 0 aromatic heterocycles. The molecule has 2 atom stereocenters. The van der Waals surface area contributed by atoms with Crippen molar-refractivity contribution in [2.45, 2.75) is 12.5 Å². The van der Waals surface area contributed by atoms with Crippen LogP contribution in [0.3, 0.4) is 0 Å². The fourth-order valence-electron chi connectivity index (χ4n) is 3.97. The van der Waals surface area contributed by atoms with Crippen molar-refractivity contribution in [2.75, 3.05) is 26.7 Å². The normalized spacial score (nSPS) is 22.3. The van der Waals surface area contributed by atoms with Gasteiger partial charge in [-0.1, -0.05) is 6.07 Å². The van der Waals surface area contributed by atoms with Gasteiger partial charge in [-0.3, -0.25) is 4.79 Å². The van der Waals surface area contributed by atoms with E-state index in [1.165, 1.54) is 12.1 Å². The van der Waals surface area contributed by atoms with Crippen LogP contribution in [0.2, 0.25) is 0 Å². The van der Waals surface area contributed by atoms with Crippen LogP contribution in [0.25, 0.3) is 0 Å². The van der Waals surface area contributed by atoms with Gasteiger partial charge in [-0.25, -0.2) is 8.78 Å². The maximum Gasteiger partial charge on any atom is 0.251 e. The summed E-state index contributed by atoms with van der Waals surface area (Å²) in [6, 6.07) is 8.78. The first-order valence-corrected chi connectivity index (χ1v) is 8.68. The molecule has 0 spiro atoms. The zero-order valence-electron chi connectivity index (χ0n) is 14.5. The number of hydrogen-bond acceptors (Lipinski definition) is 3. The molecule has 0 aliphatic carbocycles. The molecule has 1 amide bonds. The van der Waals surface area contributed by atoms with Crippen molar-refractivity contribution in [1.82, 2.24) is 10.2 Å². The SMILES string of the molecule is CN1C[C@@H]2CNC(=O)c3cc(OCc4cc(F)cc(F)c4)ccc3[C@H]2C1. The van der Waals surface area contributed by atoms with E-state index in [9.17, 15) is 13.6 Å². The van der Waals surface area contributed by atoms with Gasteiger partial charge in [0.2, 0.25) is 0 Å². The minimum absolute atomic E-state index is 0.0316. The van der Waals surface area contributed by atoms with Crippen LogP contribution in [0.4, 0.5) is 8.78 Å². The molecule has 6 heteroatoms. The highest BCUT2D eigenvalue weighted by Crippen LogP contribution is 2.36. The molecule has 2 aromatic rings. The van der Waals surface area contributed by atoms with Crippen molar-refractivity contribution in [3.05, 3.63) is 64.7 Å². The first-order valence-electron chi connectivity index (χ1n) is 8.68. The van der Waals surface area contributed by atoms with Crippen molar-refractivity contribution in [1.29, 1.82) is 0 Å². The number of carbonyl (C=O) groups is 1. The molecule has 1 N–H and O–H groups in total. The van der Waals surface area contributed by atoms with Crippen LogP contribution < -0.4 is 10.1 Å². The number of benzene rings is 2. The number of nitrogens with zero attached hydrogens (tertiary/aromatic N) is 1. The minimum atomic E-state index is -0.638. The summed E-state index contributed by atoms with van der Waals surface area (Å²) < 4.78 is 32.2. The van der Waals surface area contributed by atoms with Crippen LogP contribution >= 0.6 is 0 Å². The van der Waals surface area contributed by atoms with Gasteiger partial charge in [0.05, 0.1) is 0 Å². The molecular formula is C20H20F2N2O2. The molecule has 0 saturated carbocycles. The molecule has 1 fully saturated rings. The summed E-state index contributed by atoms with van der Waals surface area (Å²) in [5.41, 5.74) is 2.06. The Hall–Kier alpha value is -2.47. The number of hydrogen-bond donors (Lipinski definition) is 1. The van der Waals surface area contributed by atoms with E-state index in [0.29, 0.717) is 35.3 Å². The van der Waals surface area contributed by atoms with Gasteiger partial charge in [0, 0.05) is 37.2 Å². The Morgan fingerprint density at radius 1 is 1.15 bits per heavy atom. The topological polar surface area (TPSA) is 41.6 Å². The van der Waals surface area contributed by atoms with E-state index in [2.05, 4.69) is 17.3 Å². The van der Waals surface area contributed by atoms with Gasteiger partial charge in [-0.15, -0.1) is 0 Å². The molecule has 1 saturated heterocycles. The molecule has 136 valence electrons. The number of rotatable bonds is 3. The third kappa shape index (κ3) is 3.29. The maximum absolute atomic E-state index is 13.3. The Bertz CT molecular complexity index is 835. The number of carbonyl (C=O) groups excluding carboxylic acids is 1. The monoisotopic (exact) mass is 358 g/mol. The van der Waals surface area contributed by atoms with Gasteiger partial charge in [-0.2, -0.15) is 0 Å². The third-order valence-corrected chi connectivity index (χ3v) is 5.15. The largest absolute Gasteiger partial charge is 0.489 e. The average molecular weight is 358 g/mol. The molecule has 0 radical (unpaired) electrons. The number of likely N-dealkylation sites (N-methyl/N-ethyl adjacent to an activating group) is 1. The van der Waals surface area contributed by atoms with Crippen LogP contribution in [0.15, 0.2) is 36.4 Å². The number of fused-ring (bicyclic) bond motifs is 3. The summed E-state index contributed by atoms with van der Waals surface area (Å²) in [7, 11) is 2.09. The van der Waals surface area contributed by atoms with Gasteiger partial charge < -0.3 is 15.0 Å². The smallest absolute Gasteiger partial charge is 0.251 e. The van der Waals surface area contributed by atoms with Crippen LogP contribution in [-0.4, -0.2) is 37.5 Å². The Balaban J connectivity index is 1.57. The van der Waals surface area contributed by atoms with E-state index in [1.54, 1.807) is 6.07 Å². The number of likely N-dealkylation sites (tertiary alicyclic amines) is 1. The van der Waals surface area contributed by atoms with Crippen molar-refractivity contribution >= 4 is 5.91 Å². The van der Waals surface area contributed by atoms with Crippen LogP contribution in [-0.2, 0) is 6.61 Å². The Labute approximate surface area is 150 Å². The quantitative estimate of drug-likeness (QED) is 0.917. The maximum atomic E-state index is 13.3. The lowest BCUT2D eigenvalue weighted by atomic mass is 9.87. The number of amides is 1. The molecule has 26 heavy (non-hydrogen) atoms. The lowest BCUT2D eigenvalue weighted by molar-refractivity contribution is 0.0951. The fraction of sp³-hybridized carbons (Fsp3) is 0.350. The molecule has 4 nitrogen and oxygen atoms in total. The fourth-order valence-corrected chi connectivity index (χ4v) is 3.97. The van der Waals surface area contributed by atoms with Crippen LogP contribution in [0.1, 0.15) is 27.4 Å². The van der Waals surface area contributed by atoms with E-state index in [4.69, 9.17) is 4.74 Å². The number of nitrogens with one attached hydrogen (secondary N) is 1. The molecule has 2 aromatic carbocycles. The van der Waals surface area contributed by atoms with E-state index >= 15 is 0 Å². The Morgan fingerprint density at radius 3 is 2.69 bits per heavy atom. The number of ether oxygens (including phenoxy) is 1. The molecule has 2 heterocycles. The first kappa shape index (κ1) is 17.0. The zero-order valence-corrected chi connectivity index (χ0v) is 14.5. The third-order valence-electron chi connectivity index (χ3n) is 5.15. The molecule has 4 rings (SSSR count). The highest BCUT2D eigenvalue weighted by atomic mass is 19.1. The van der Waals surface area contributed by atoms with Gasteiger partial charge >= 0.3 is 0 Å². The van der Waals surface area contributed by atoms with E-state index in [1.807, 2.05) is 12.1 Å². The summed E-state index contributed by atoms with van der Waals surface area (Å²) in [5, 5.41) is 2.99. The lowest BCUT2D eigenvalue weighted by Crippen LogP contribution is -2.29. The summed E-state index contributed by atoms with van der Waals surface area (Å²) in [6.07, 6.45) is 0. The van der Waals surface area contributed by atoms with E-state index in [0.717, 1.165) is 24.7 Å². The van der Waals surface area contributed by atoms with E-state index in [-0.39, 0.29) is 12.5 Å². The van der Waals surface area contributed by atoms with Gasteiger partial charge in [0.1, 0.15) is 24.0 Å². The van der Waals surface area contributed by atoms with Crippen molar-refractivity contribution in [2.24, 2.45) is 5.92 Å². The van der Waals surface area contributed by atoms with Gasteiger partial charge in [0.15, 0.2) is 0 Å².